The molecule has 3 heteroatoms. The Kier molecular flexibility index (Phi) is 2.28. The van der Waals surface area contributed by atoms with Gasteiger partial charge in [-0.25, -0.2) is 0 Å². The summed E-state index contributed by atoms with van der Waals surface area (Å²) in [5, 5.41) is 2.69. The average molecular weight is 345 g/mol. The van der Waals surface area contributed by atoms with Crippen molar-refractivity contribution in [1.82, 2.24) is 9.55 Å². The number of pyridine rings is 1. The maximum absolute atomic E-state index is 4.77. The molecule has 0 radical (unpaired) electrons. The van der Waals surface area contributed by atoms with Crippen LogP contribution in [0.4, 0.5) is 0 Å². The fraction of sp³-hybridized carbons (Fsp3) is 0.105. The van der Waals surface area contributed by atoms with Gasteiger partial charge >= 0.3 is 132 Å². The number of para-hydroxylation sites is 2. The number of nitrogens with zero attached hydrogens (tertiary/aromatic N) is 2. The van der Waals surface area contributed by atoms with Crippen molar-refractivity contribution in [3.8, 4) is 5.82 Å². The quantitative estimate of drug-likeness (QED) is 0.447. The van der Waals surface area contributed by atoms with Gasteiger partial charge in [0.1, 0.15) is 0 Å². The first-order chi connectivity index (χ1) is 10.7. The van der Waals surface area contributed by atoms with E-state index in [4.69, 9.17) is 4.98 Å². The standard InChI is InChI=1S/C19H16GeN2/c1-20(2)15-9-5-8-14-13-7-3-4-11-17(13)22(18(14)15)19-16(20)10-6-12-21-19/h3-12H,1-2H3. The van der Waals surface area contributed by atoms with E-state index < -0.39 is 13.3 Å². The zero-order valence-electron chi connectivity index (χ0n) is 12.7. The van der Waals surface area contributed by atoms with Gasteiger partial charge in [0.15, 0.2) is 0 Å². The SMILES string of the molecule is [CH3][Ge]1([CH3])[c]2cccnc2-n2c3ccccc3c3ccc[c]1c32. The summed E-state index contributed by atoms with van der Waals surface area (Å²) in [4.78, 5) is 4.77. The molecule has 0 N–H and O–H groups in total. The number of hydrogen-bond donors (Lipinski definition) is 0. The molecule has 0 aliphatic carbocycles. The van der Waals surface area contributed by atoms with Gasteiger partial charge < -0.3 is 0 Å². The summed E-state index contributed by atoms with van der Waals surface area (Å²) in [6, 6.07) is 19.9. The number of hydrogen-bond acceptors (Lipinski definition) is 1. The Hall–Kier alpha value is -2.07. The molecule has 0 saturated carbocycles. The third-order valence-corrected chi connectivity index (χ3v) is 12.4. The van der Waals surface area contributed by atoms with E-state index in [1.807, 2.05) is 6.20 Å². The van der Waals surface area contributed by atoms with Gasteiger partial charge in [-0.1, -0.05) is 0 Å². The Morgan fingerprint density at radius 3 is 2.50 bits per heavy atom. The Balaban J connectivity index is 2.15. The predicted octanol–water partition coefficient (Wildman–Crippen LogP) is 3.31. The summed E-state index contributed by atoms with van der Waals surface area (Å²) in [6.07, 6.45) is 1.92. The van der Waals surface area contributed by atoms with Crippen molar-refractivity contribution in [1.29, 1.82) is 0 Å². The van der Waals surface area contributed by atoms with E-state index >= 15 is 0 Å². The van der Waals surface area contributed by atoms with Gasteiger partial charge in [0.05, 0.1) is 0 Å². The van der Waals surface area contributed by atoms with Crippen molar-refractivity contribution in [2.24, 2.45) is 0 Å². The Bertz CT molecular complexity index is 1060. The molecule has 106 valence electrons. The summed E-state index contributed by atoms with van der Waals surface area (Å²) in [6.45, 7) is 0. The molecule has 0 saturated heterocycles. The molecule has 1 aliphatic heterocycles. The minimum atomic E-state index is -2.29. The fourth-order valence-corrected chi connectivity index (χ4v) is 10.0. The summed E-state index contributed by atoms with van der Waals surface area (Å²) in [5.41, 5.74) is 2.66. The van der Waals surface area contributed by atoms with Crippen LogP contribution in [-0.2, 0) is 0 Å². The second kappa shape index (κ2) is 4.02. The summed E-state index contributed by atoms with van der Waals surface area (Å²) in [5.74, 6) is 6.12. The second-order valence-electron chi connectivity index (χ2n) is 6.55. The van der Waals surface area contributed by atoms with Crippen molar-refractivity contribution in [3.05, 3.63) is 60.8 Å². The van der Waals surface area contributed by atoms with Crippen molar-refractivity contribution < 1.29 is 0 Å². The van der Waals surface area contributed by atoms with Gasteiger partial charge in [-0.3, -0.25) is 0 Å². The van der Waals surface area contributed by atoms with Gasteiger partial charge in [-0.15, -0.1) is 0 Å². The van der Waals surface area contributed by atoms with Crippen LogP contribution < -0.4 is 8.79 Å². The van der Waals surface area contributed by atoms with Crippen LogP contribution in [0.25, 0.3) is 27.6 Å². The van der Waals surface area contributed by atoms with Crippen LogP contribution in [0.2, 0.25) is 11.5 Å². The molecule has 5 rings (SSSR count). The van der Waals surface area contributed by atoms with E-state index in [1.165, 1.54) is 26.2 Å². The monoisotopic (exact) mass is 346 g/mol. The molecular formula is C19H16GeN2. The predicted molar refractivity (Wildman–Crippen MR) is 95.3 cm³/mol. The molecule has 0 spiro atoms. The number of fused-ring (bicyclic) bond motifs is 5. The van der Waals surface area contributed by atoms with Crippen LogP contribution in [0.1, 0.15) is 0 Å². The molecule has 4 aromatic rings. The molecule has 0 atom stereocenters. The van der Waals surface area contributed by atoms with Crippen LogP contribution >= 0.6 is 0 Å². The third kappa shape index (κ3) is 1.34. The topological polar surface area (TPSA) is 17.8 Å². The van der Waals surface area contributed by atoms with Crippen molar-refractivity contribution in [2.45, 2.75) is 11.5 Å². The first-order valence-electron chi connectivity index (χ1n) is 7.68. The van der Waals surface area contributed by atoms with Crippen molar-refractivity contribution in [3.63, 3.8) is 0 Å². The molecular weight excluding hydrogens is 329 g/mol. The third-order valence-electron chi connectivity index (χ3n) is 5.04. The molecule has 0 amide bonds. The average Bonchev–Trinajstić information content (AvgIpc) is 2.88. The Labute approximate surface area is 131 Å². The van der Waals surface area contributed by atoms with Gasteiger partial charge in [0.25, 0.3) is 0 Å². The Morgan fingerprint density at radius 1 is 0.818 bits per heavy atom. The molecule has 3 heterocycles. The van der Waals surface area contributed by atoms with E-state index in [-0.39, 0.29) is 0 Å². The van der Waals surface area contributed by atoms with Crippen LogP contribution in [0.5, 0.6) is 0 Å². The fourth-order valence-electron chi connectivity index (χ4n) is 3.95. The number of benzene rings is 2. The van der Waals surface area contributed by atoms with Crippen LogP contribution in [0.15, 0.2) is 60.8 Å². The zero-order valence-corrected chi connectivity index (χ0v) is 14.8. The van der Waals surface area contributed by atoms with Gasteiger partial charge in [0, 0.05) is 0 Å². The summed E-state index contributed by atoms with van der Waals surface area (Å²) < 4.78 is 5.42. The normalized spacial score (nSPS) is 15.2. The maximum atomic E-state index is 4.77. The molecule has 1 aliphatic rings. The Morgan fingerprint density at radius 2 is 1.59 bits per heavy atom. The van der Waals surface area contributed by atoms with Crippen LogP contribution in [0, 0.1) is 0 Å². The van der Waals surface area contributed by atoms with Crippen molar-refractivity contribution in [2.75, 3.05) is 0 Å². The number of aromatic nitrogens is 2. The molecule has 2 aromatic heterocycles. The first kappa shape index (κ1) is 12.5. The van der Waals surface area contributed by atoms with Gasteiger partial charge in [-0.2, -0.15) is 0 Å². The summed E-state index contributed by atoms with van der Waals surface area (Å²) in [7, 11) is 0. The van der Waals surface area contributed by atoms with E-state index in [0.717, 1.165) is 5.82 Å². The summed E-state index contributed by atoms with van der Waals surface area (Å²) >= 11 is -2.29. The minimum absolute atomic E-state index is 1.15. The van der Waals surface area contributed by atoms with E-state index in [2.05, 4.69) is 70.7 Å². The molecule has 0 fully saturated rings. The van der Waals surface area contributed by atoms with Gasteiger partial charge in [0.2, 0.25) is 0 Å². The molecule has 2 nitrogen and oxygen atoms in total. The molecule has 22 heavy (non-hydrogen) atoms. The molecule has 0 unspecified atom stereocenters. The zero-order chi connectivity index (χ0) is 14.9. The molecule has 0 bridgehead atoms. The van der Waals surface area contributed by atoms with E-state index in [9.17, 15) is 0 Å². The van der Waals surface area contributed by atoms with Gasteiger partial charge in [-0.05, 0) is 0 Å². The second-order valence-corrected chi connectivity index (χ2v) is 15.6. The number of rotatable bonds is 0. The van der Waals surface area contributed by atoms with E-state index in [0.29, 0.717) is 0 Å². The van der Waals surface area contributed by atoms with Crippen LogP contribution in [0.3, 0.4) is 0 Å². The van der Waals surface area contributed by atoms with E-state index in [1.54, 1.807) is 4.40 Å². The van der Waals surface area contributed by atoms with Crippen molar-refractivity contribution >= 4 is 43.9 Å². The van der Waals surface area contributed by atoms with Crippen LogP contribution in [-0.4, -0.2) is 22.8 Å². The molecule has 2 aromatic carbocycles. The first-order valence-corrected chi connectivity index (χ1v) is 14.0.